The standard InChI is InChI=1S/C14H9F6N.C8H5BF6O2.C6H6ClN.C5H14Si.Cs.FH/c1-8-2-3-21-12(4-8)9-5-10(13(15,16)17)7-11(6-9)14(18,19)20;10-7(11,12)4-1-5(8(13,14)15)3-6(2-4)9(16)17;1-5-2-3-8-6(7)4-5;1-5-6(2,3)4;;/h2-7H,1H3;1-3,16-17H;2-4H,1H3;5H2,1-4H3;;1H/q;;;;+1;/p-1. The van der Waals surface area contributed by atoms with Crippen molar-refractivity contribution in [3.05, 3.63) is 112 Å². The van der Waals surface area contributed by atoms with Crippen LogP contribution in [0.4, 0.5) is 52.7 Å². The van der Waals surface area contributed by atoms with Gasteiger partial charge < -0.3 is 14.8 Å². The summed E-state index contributed by atoms with van der Waals surface area (Å²) in [5, 5.41) is 17.8. The van der Waals surface area contributed by atoms with E-state index in [2.05, 4.69) is 36.5 Å². The molecule has 54 heavy (non-hydrogen) atoms. The van der Waals surface area contributed by atoms with E-state index in [0.717, 1.165) is 5.56 Å². The molecule has 0 radical (unpaired) electrons. The Kier molecular flexibility index (Phi) is 22.5. The molecular weight excluding hydrogens is 911 g/mol. The van der Waals surface area contributed by atoms with Gasteiger partial charge in [0.15, 0.2) is 0 Å². The molecule has 294 valence electrons. The second kappa shape index (κ2) is 22.3. The zero-order chi connectivity index (χ0) is 40.5. The first-order valence-corrected chi connectivity index (χ1v) is 19.0. The van der Waals surface area contributed by atoms with Crippen molar-refractivity contribution in [2.24, 2.45) is 0 Å². The first-order valence-electron chi connectivity index (χ1n) is 14.9. The first-order chi connectivity index (χ1) is 23.4. The van der Waals surface area contributed by atoms with Crippen molar-refractivity contribution in [1.82, 2.24) is 9.97 Å². The molecule has 0 aliphatic carbocycles. The van der Waals surface area contributed by atoms with Crippen molar-refractivity contribution in [3.8, 4) is 11.3 Å². The minimum absolute atomic E-state index is 0. The molecule has 2 heterocycles. The third-order valence-corrected chi connectivity index (χ3v) is 8.98. The van der Waals surface area contributed by atoms with Crippen LogP contribution in [-0.4, -0.2) is 35.2 Å². The summed E-state index contributed by atoms with van der Waals surface area (Å²) >= 11 is 5.53. The van der Waals surface area contributed by atoms with E-state index < -0.39 is 67.6 Å². The molecule has 0 unspecified atom stereocenters. The number of aryl methyl sites for hydroxylation is 2. The molecule has 21 heteroatoms. The molecule has 4 nitrogen and oxygen atoms in total. The van der Waals surface area contributed by atoms with Crippen LogP contribution in [0.25, 0.3) is 11.3 Å². The maximum Gasteiger partial charge on any atom is 1.00 e. The zero-order valence-corrected chi connectivity index (χ0v) is 37.8. The topological polar surface area (TPSA) is 66.2 Å². The molecule has 0 aliphatic rings. The quantitative estimate of drug-likeness (QED) is 0.175. The smallest absolute Gasteiger partial charge is 1.00 e. The number of hydrogen-bond donors (Lipinski definition) is 2. The molecule has 0 amide bonds. The van der Waals surface area contributed by atoms with E-state index in [1.807, 2.05) is 19.1 Å². The number of halogens is 14. The Morgan fingerprint density at radius 1 is 0.611 bits per heavy atom. The Labute approximate surface area is 368 Å². The van der Waals surface area contributed by atoms with Crippen molar-refractivity contribution in [2.75, 3.05) is 0 Å². The monoisotopic (exact) mass is 944 g/mol. The van der Waals surface area contributed by atoms with Crippen molar-refractivity contribution >= 4 is 32.3 Å². The summed E-state index contributed by atoms with van der Waals surface area (Å²) in [6.07, 6.45) is -16.7. The van der Waals surface area contributed by atoms with Gasteiger partial charge in [-0.25, -0.2) is 4.98 Å². The molecule has 0 saturated heterocycles. The van der Waals surface area contributed by atoms with Crippen molar-refractivity contribution < 1.29 is 136 Å². The van der Waals surface area contributed by atoms with Crippen LogP contribution in [0.5, 0.6) is 0 Å². The van der Waals surface area contributed by atoms with E-state index in [1.165, 1.54) is 18.3 Å². The van der Waals surface area contributed by atoms with Gasteiger partial charge in [-0.05, 0) is 79.0 Å². The van der Waals surface area contributed by atoms with Gasteiger partial charge in [0.2, 0.25) is 0 Å². The molecular formula is C33H34BClCsF13N2O2Si. The summed E-state index contributed by atoms with van der Waals surface area (Å²) < 4.78 is 150. The summed E-state index contributed by atoms with van der Waals surface area (Å²) in [5.41, 5.74) is -5.08. The van der Waals surface area contributed by atoms with Crippen LogP contribution in [0.2, 0.25) is 30.8 Å². The fourth-order valence-electron chi connectivity index (χ4n) is 3.42. The van der Waals surface area contributed by atoms with E-state index >= 15 is 0 Å². The Bertz CT molecular complexity index is 1670. The van der Waals surface area contributed by atoms with Gasteiger partial charge in [0.1, 0.15) is 5.15 Å². The summed E-state index contributed by atoms with van der Waals surface area (Å²) in [4.78, 5) is 7.63. The van der Waals surface area contributed by atoms with Crippen LogP contribution in [0.1, 0.15) is 40.3 Å². The Balaban J connectivity index is 0. The minimum atomic E-state index is -5.00. The molecule has 4 aromatic rings. The number of aromatic nitrogens is 2. The third-order valence-electron chi connectivity index (χ3n) is 6.65. The number of benzene rings is 2. The van der Waals surface area contributed by atoms with Gasteiger partial charge in [0.05, 0.1) is 27.9 Å². The maximum atomic E-state index is 12.7. The second-order valence-corrected chi connectivity index (χ2v) is 18.5. The first kappa shape index (κ1) is 54.5. The van der Waals surface area contributed by atoms with Gasteiger partial charge in [-0.1, -0.05) is 56.3 Å². The molecule has 0 spiro atoms. The fraction of sp³-hybridized carbons (Fsp3) is 0.333. The maximum absolute atomic E-state index is 12.7. The van der Waals surface area contributed by atoms with Crippen LogP contribution in [0, 0.1) is 13.8 Å². The predicted molar refractivity (Wildman–Crippen MR) is 178 cm³/mol. The minimum Gasteiger partial charge on any atom is -1.00 e. The third kappa shape index (κ3) is 20.5. The predicted octanol–water partition coefficient (Wildman–Crippen LogP) is 4.89. The molecule has 2 N–H and O–H groups in total. The summed E-state index contributed by atoms with van der Waals surface area (Å²) in [6, 6.07) is 10.00. The van der Waals surface area contributed by atoms with Crippen molar-refractivity contribution in [1.29, 1.82) is 0 Å². The van der Waals surface area contributed by atoms with Crippen LogP contribution in [0.3, 0.4) is 0 Å². The average molecular weight is 945 g/mol. The van der Waals surface area contributed by atoms with Gasteiger partial charge in [0.25, 0.3) is 0 Å². The van der Waals surface area contributed by atoms with Gasteiger partial charge in [-0.2, -0.15) is 52.7 Å². The van der Waals surface area contributed by atoms with Crippen molar-refractivity contribution in [3.63, 3.8) is 0 Å². The average Bonchev–Trinajstić information content (AvgIpc) is 2.99. The molecule has 2 aromatic carbocycles. The summed E-state index contributed by atoms with van der Waals surface area (Å²) in [5.74, 6) is 0. The van der Waals surface area contributed by atoms with Crippen molar-refractivity contribution in [2.45, 2.75) is 71.2 Å². The van der Waals surface area contributed by atoms with E-state index in [9.17, 15) is 52.7 Å². The molecule has 0 saturated carbocycles. The Morgan fingerprint density at radius 2 is 0.944 bits per heavy atom. The van der Waals surface area contributed by atoms with Gasteiger partial charge in [0, 0.05) is 26.0 Å². The van der Waals surface area contributed by atoms with E-state index in [0.29, 0.717) is 22.8 Å². The number of nitrogens with zero attached hydrogens (tertiary/aromatic N) is 2. The van der Waals surface area contributed by atoms with Crippen LogP contribution in [0.15, 0.2) is 73.1 Å². The molecule has 2 aromatic heterocycles. The molecule has 0 atom stereocenters. The molecule has 0 fully saturated rings. The van der Waals surface area contributed by atoms with Gasteiger partial charge in [-0.15, -0.1) is 0 Å². The van der Waals surface area contributed by atoms with Crippen LogP contribution in [-0.2, 0) is 24.7 Å². The normalized spacial score (nSPS) is 11.6. The van der Waals surface area contributed by atoms with Crippen LogP contribution < -0.4 is 79.1 Å². The van der Waals surface area contributed by atoms with Gasteiger partial charge >= 0.3 is 101 Å². The second-order valence-electron chi connectivity index (χ2n) is 12.3. The van der Waals surface area contributed by atoms with E-state index in [4.69, 9.17) is 21.6 Å². The van der Waals surface area contributed by atoms with E-state index in [-0.39, 0.29) is 109 Å². The summed E-state index contributed by atoms with van der Waals surface area (Å²) in [6.45, 7) is 13.1. The van der Waals surface area contributed by atoms with E-state index in [1.54, 1.807) is 19.2 Å². The van der Waals surface area contributed by atoms with Crippen LogP contribution >= 0.6 is 11.6 Å². The van der Waals surface area contributed by atoms with Gasteiger partial charge in [-0.3, -0.25) is 4.98 Å². The summed E-state index contributed by atoms with van der Waals surface area (Å²) in [7, 11) is -3.04. The molecule has 4 rings (SSSR count). The molecule has 0 bridgehead atoms. The zero-order valence-electron chi connectivity index (χ0n) is 29.8. The number of alkyl halides is 12. The Morgan fingerprint density at radius 3 is 1.20 bits per heavy atom. The number of hydrogen-bond acceptors (Lipinski definition) is 4. The largest absolute Gasteiger partial charge is 1.00 e. The SMILES string of the molecule is CC[Si](C)(C)C.Cc1ccnc(-c2cc(C(F)(F)F)cc(C(F)(F)F)c2)c1.Cc1ccnc(Cl)c1.OB(O)c1cc(C(F)(F)F)cc(C(F)(F)F)c1.[Cs+].[F-]. The fourth-order valence-corrected chi connectivity index (χ4v) is 3.65. The number of rotatable bonds is 3. The molecule has 0 aliphatic heterocycles. The Hall–Kier alpha value is -1.63. The number of pyridine rings is 2.